The standard InChI is InChI=1S/C13H18N4OS2/c1-4-13(2)5-7-8(6-19-13)20-10-9(7)11(18)17(3)12(15-10)16-14/h4-6,14H2,1-3H3,(H,15,16). The molecule has 0 bridgehead atoms. The molecule has 0 saturated carbocycles. The lowest BCUT2D eigenvalue weighted by molar-refractivity contribution is 0.610. The summed E-state index contributed by atoms with van der Waals surface area (Å²) < 4.78 is 1.71. The van der Waals surface area contributed by atoms with Gasteiger partial charge in [-0.2, -0.15) is 0 Å². The van der Waals surface area contributed by atoms with Crippen LogP contribution in [0.3, 0.4) is 0 Å². The lowest BCUT2D eigenvalue weighted by atomic mass is 9.96. The topological polar surface area (TPSA) is 72.9 Å². The van der Waals surface area contributed by atoms with Gasteiger partial charge in [-0.05, 0) is 18.4 Å². The van der Waals surface area contributed by atoms with Crippen molar-refractivity contribution in [3.05, 3.63) is 20.8 Å². The number of anilines is 1. The van der Waals surface area contributed by atoms with Crippen LogP contribution in [-0.4, -0.2) is 14.3 Å². The third kappa shape index (κ3) is 1.96. The van der Waals surface area contributed by atoms with Gasteiger partial charge in [0.15, 0.2) is 0 Å². The molecule has 0 aliphatic carbocycles. The minimum Gasteiger partial charge on any atom is -0.294 e. The molecule has 5 nitrogen and oxygen atoms in total. The van der Waals surface area contributed by atoms with Gasteiger partial charge in [0.2, 0.25) is 5.95 Å². The largest absolute Gasteiger partial charge is 0.294 e. The van der Waals surface area contributed by atoms with Crippen molar-refractivity contribution >= 4 is 39.3 Å². The molecule has 7 heteroatoms. The number of hydrogen-bond donors (Lipinski definition) is 2. The number of hydrazine groups is 1. The number of nitrogens with one attached hydrogen (secondary N) is 1. The van der Waals surface area contributed by atoms with Gasteiger partial charge < -0.3 is 0 Å². The summed E-state index contributed by atoms with van der Waals surface area (Å²) in [5.74, 6) is 6.80. The molecule has 3 heterocycles. The van der Waals surface area contributed by atoms with E-state index in [1.54, 1.807) is 18.4 Å². The first-order valence-electron chi connectivity index (χ1n) is 6.61. The summed E-state index contributed by atoms with van der Waals surface area (Å²) in [6.07, 6.45) is 2.04. The molecule has 1 unspecified atom stereocenters. The number of fused-ring (bicyclic) bond motifs is 3. The van der Waals surface area contributed by atoms with Crippen LogP contribution in [0.4, 0.5) is 5.95 Å². The fourth-order valence-electron chi connectivity index (χ4n) is 2.56. The maximum absolute atomic E-state index is 12.6. The summed E-state index contributed by atoms with van der Waals surface area (Å²) in [5, 5.41) is 0.784. The Morgan fingerprint density at radius 3 is 2.95 bits per heavy atom. The average Bonchev–Trinajstić information content (AvgIpc) is 2.80. The Kier molecular flexibility index (Phi) is 3.30. The number of rotatable bonds is 2. The molecule has 2 aromatic heterocycles. The summed E-state index contributed by atoms with van der Waals surface area (Å²) in [5.41, 5.74) is 3.68. The predicted octanol–water partition coefficient (Wildman–Crippen LogP) is 2.24. The van der Waals surface area contributed by atoms with Gasteiger partial charge in [-0.3, -0.25) is 14.8 Å². The third-order valence-electron chi connectivity index (χ3n) is 4.10. The van der Waals surface area contributed by atoms with Gasteiger partial charge in [0.05, 0.1) is 5.39 Å². The smallest absolute Gasteiger partial charge is 0.263 e. The molecular weight excluding hydrogens is 292 g/mol. The molecule has 0 fully saturated rings. The van der Waals surface area contributed by atoms with Crippen molar-refractivity contribution in [2.24, 2.45) is 12.9 Å². The lowest BCUT2D eigenvalue weighted by Gasteiger charge is -2.31. The van der Waals surface area contributed by atoms with Gasteiger partial charge >= 0.3 is 0 Å². The number of thiophene rings is 1. The van der Waals surface area contributed by atoms with Crippen LogP contribution < -0.4 is 16.8 Å². The van der Waals surface area contributed by atoms with E-state index < -0.39 is 0 Å². The Bertz CT molecular complexity index is 736. The highest BCUT2D eigenvalue weighted by atomic mass is 32.2. The Morgan fingerprint density at radius 2 is 2.30 bits per heavy atom. The van der Waals surface area contributed by atoms with E-state index >= 15 is 0 Å². The predicted molar refractivity (Wildman–Crippen MR) is 86.4 cm³/mol. The minimum absolute atomic E-state index is 0.00852. The molecule has 1 aliphatic heterocycles. The van der Waals surface area contributed by atoms with Gasteiger partial charge in [0, 0.05) is 22.4 Å². The molecule has 20 heavy (non-hydrogen) atoms. The number of nitrogens with zero attached hydrogens (tertiary/aromatic N) is 2. The number of nitrogen functional groups attached to an aromatic ring is 1. The van der Waals surface area contributed by atoms with Crippen molar-refractivity contribution in [3.63, 3.8) is 0 Å². The molecule has 0 aromatic carbocycles. The molecule has 2 aromatic rings. The average molecular weight is 310 g/mol. The SMILES string of the molecule is CCC1(C)Cc2c(sc3nc(NN)n(C)c(=O)c23)CS1. The molecule has 0 spiro atoms. The van der Waals surface area contributed by atoms with E-state index in [1.807, 2.05) is 11.8 Å². The molecular formula is C13H18N4OS2. The minimum atomic E-state index is -0.00852. The van der Waals surface area contributed by atoms with Crippen molar-refractivity contribution in [1.82, 2.24) is 9.55 Å². The van der Waals surface area contributed by atoms with Crippen LogP contribution in [0.25, 0.3) is 10.2 Å². The van der Waals surface area contributed by atoms with Crippen molar-refractivity contribution in [2.45, 2.75) is 37.2 Å². The molecule has 3 N–H and O–H groups in total. The fourth-order valence-corrected chi connectivity index (χ4v) is 5.05. The first kappa shape index (κ1) is 13.9. The van der Waals surface area contributed by atoms with E-state index in [9.17, 15) is 4.79 Å². The summed E-state index contributed by atoms with van der Waals surface area (Å²) in [6.45, 7) is 4.48. The summed E-state index contributed by atoms with van der Waals surface area (Å²) in [6, 6.07) is 0. The number of thioether (sulfide) groups is 1. The van der Waals surface area contributed by atoms with E-state index in [4.69, 9.17) is 5.84 Å². The first-order chi connectivity index (χ1) is 9.49. The highest BCUT2D eigenvalue weighted by Crippen LogP contribution is 2.45. The zero-order valence-corrected chi connectivity index (χ0v) is 13.5. The quantitative estimate of drug-likeness (QED) is 0.657. The second kappa shape index (κ2) is 4.75. The van der Waals surface area contributed by atoms with Gasteiger partial charge in [-0.1, -0.05) is 13.8 Å². The normalized spacial score (nSPS) is 22.0. The van der Waals surface area contributed by atoms with E-state index in [0.717, 1.165) is 28.8 Å². The number of hydrogen-bond acceptors (Lipinski definition) is 6. The van der Waals surface area contributed by atoms with Crippen LogP contribution in [0.15, 0.2) is 4.79 Å². The zero-order chi connectivity index (χ0) is 14.5. The Morgan fingerprint density at radius 1 is 1.55 bits per heavy atom. The number of nitrogens with two attached hydrogens (primary N) is 1. The Hall–Kier alpha value is -1.05. The number of aromatic nitrogens is 2. The molecule has 0 saturated heterocycles. The zero-order valence-electron chi connectivity index (χ0n) is 11.8. The summed E-state index contributed by atoms with van der Waals surface area (Å²) in [7, 11) is 1.70. The molecule has 0 radical (unpaired) electrons. The monoisotopic (exact) mass is 310 g/mol. The van der Waals surface area contributed by atoms with Gasteiger partial charge in [-0.25, -0.2) is 10.8 Å². The fraction of sp³-hybridized carbons (Fsp3) is 0.538. The van der Waals surface area contributed by atoms with Crippen molar-refractivity contribution in [1.29, 1.82) is 0 Å². The van der Waals surface area contributed by atoms with Crippen LogP contribution in [0.1, 0.15) is 30.7 Å². The molecule has 1 atom stereocenters. The third-order valence-corrected chi connectivity index (χ3v) is 6.97. The van der Waals surface area contributed by atoms with E-state index in [-0.39, 0.29) is 10.3 Å². The van der Waals surface area contributed by atoms with E-state index in [2.05, 4.69) is 24.3 Å². The first-order valence-corrected chi connectivity index (χ1v) is 8.41. The van der Waals surface area contributed by atoms with Gasteiger partial charge in [-0.15, -0.1) is 23.1 Å². The second-order valence-corrected chi connectivity index (χ2v) is 8.04. The Labute approximate surface area is 125 Å². The van der Waals surface area contributed by atoms with Crippen LogP contribution in [-0.2, 0) is 19.2 Å². The van der Waals surface area contributed by atoms with Crippen LogP contribution >= 0.6 is 23.1 Å². The van der Waals surface area contributed by atoms with Crippen LogP contribution in [0, 0.1) is 0 Å². The Balaban J connectivity index is 2.27. The highest BCUT2D eigenvalue weighted by molar-refractivity contribution is 8.00. The van der Waals surface area contributed by atoms with Gasteiger partial charge in [0.1, 0.15) is 4.83 Å². The summed E-state index contributed by atoms with van der Waals surface area (Å²) in [4.78, 5) is 19.1. The molecule has 3 rings (SSSR count). The van der Waals surface area contributed by atoms with E-state index in [0.29, 0.717) is 5.95 Å². The van der Waals surface area contributed by atoms with Crippen LogP contribution in [0.2, 0.25) is 0 Å². The van der Waals surface area contributed by atoms with Crippen molar-refractivity contribution < 1.29 is 0 Å². The summed E-state index contributed by atoms with van der Waals surface area (Å²) >= 11 is 3.60. The van der Waals surface area contributed by atoms with Crippen LogP contribution in [0.5, 0.6) is 0 Å². The van der Waals surface area contributed by atoms with Crippen molar-refractivity contribution in [3.8, 4) is 0 Å². The highest BCUT2D eigenvalue weighted by Gasteiger charge is 2.32. The second-order valence-electron chi connectivity index (χ2n) is 5.40. The molecule has 108 valence electrons. The van der Waals surface area contributed by atoms with Crippen molar-refractivity contribution in [2.75, 3.05) is 5.43 Å². The van der Waals surface area contributed by atoms with Gasteiger partial charge in [0.25, 0.3) is 5.56 Å². The maximum atomic E-state index is 12.6. The molecule has 1 aliphatic rings. The maximum Gasteiger partial charge on any atom is 0.263 e. The van der Waals surface area contributed by atoms with E-state index in [1.165, 1.54) is 15.0 Å². The lowest BCUT2D eigenvalue weighted by Crippen LogP contribution is -2.28. The molecule has 0 amide bonds.